The molecule has 0 bridgehead atoms. The van der Waals surface area contributed by atoms with Crippen molar-refractivity contribution in [3.05, 3.63) is 28.2 Å². The first-order valence-electron chi connectivity index (χ1n) is 4.98. The molecule has 14 heavy (non-hydrogen) atoms. The minimum atomic E-state index is 0.587. The summed E-state index contributed by atoms with van der Waals surface area (Å²) >= 11 is 3.51. The lowest BCUT2D eigenvalue weighted by atomic mass is 10.2. The van der Waals surface area contributed by atoms with Crippen LogP contribution in [0.1, 0.15) is 12.0 Å². The quantitative estimate of drug-likeness (QED) is 0.848. The molecule has 2 nitrogen and oxygen atoms in total. The third kappa shape index (κ3) is 2.49. The van der Waals surface area contributed by atoms with Crippen molar-refractivity contribution < 1.29 is 0 Å². The Morgan fingerprint density at radius 2 is 2.29 bits per heavy atom. The van der Waals surface area contributed by atoms with E-state index in [0.717, 1.165) is 17.6 Å². The van der Waals surface area contributed by atoms with Crippen molar-refractivity contribution in [1.82, 2.24) is 5.32 Å². The van der Waals surface area contributed by atoms with Gasteiger partial charge in [-0.1, -0.05) is 15.9 Å². The molecule has 1 aliphatic heterocycles. The topological polar surface area (TPSA) is 24.1 Å². The molecule has 0 amide bonds. The monoisotopic (exact) mass is 254 g/mol. The van der Waals surface area contributed by atoms with E-state index < -0.39 is 0 Å². The van der Waals surface area contributed by atoms with E-state index >= 15 is 0 Å². The molecule has 2 rings (SSSR count). The Morgan fingerprint density at radius 1 is 1.43 bits per heavy atom. The Hall–Kier alpha value is -0.540. The van der Waals surface area contributed by atoms with Gasteiger partial charge in [0.15, 0.2) is 0 Å². The smallest absolute Gasteiger partial charge is 0.0398 e. The molecular formula is C11H15BrN2. The fourth-order valence-corrected chi connectivity index (χ4v) is 2.44. The van der Waals surface area contributed by atoms with E-state index in [1.807, 2.05) is 0 Å². The lowest BCUT2D eigenvalue weighted by molar-refractivity contribution is 0.793. The van der Waals surface area contributed by atoms with Crippen LogP contribution in [0.25, 0.3) is 0 Å². The Bertz CT molecular complexity index is 299. The van der Waals surface area contributed by atoms with Gasteiger partial charge in [-0.3, -0.25) is 0 Å². The number of anilines is 1. The standard InChI is InChI=1S/C11H15BrN2/c1-8-4-9(12)6-11(5-8)14-10-2-3-13-7-10/h4-6,10,13-14H,2-3,7H2,1H3. The molecule has 2 N–H and O–H groups in total. The third-order valence-corrected chi connectivity index (χ3v) is 2.93. The molecule has 76 valence electrons. The summed E-state index contributed by atoms with van der Waals surface area (Å²) < 4.78 is 1.14. The highest BCUT2D eigenvalue weighted by atomic mass is 79.9. The maximum absolute atomic E-state index is 3.53. The van der Waals surface area contributed by atoms with E-state index in [1.54, 1.807) is 0 Å². The highest BCUT2D eigenvalue weighted by molar-refractivity contribution is 9.10. The average molecular weight is 255 g/mol. The summed E-state index contributed by atoms with van der Waals surface area (Å²) in [6, 6.07) is 7.02. The van der Waals surface area contributed by atoms with E-state index in [2.05, 4.69) is 51.7 Å². The minimum absolute atomic E-state index is 0.587. The molecule has 1 atom stereocenters. The van der Waals surface area contributed by atoms with Crippen LogP contribution in [0.4, 0.5) is 5.69 Å². The Kier molecular flexibility index (Phi) is 3.08. The van der Waals surface area contributed by atoms with Gasteiger partial charge in [0.1, 0.15) is 0 Å². The van der Waals surface area contributed by atoms with Crippen molar-refractivity contribution in [2.45, 2.75) is 19.4 Å². The van der Waals surface area contributed by atoms with Gasteiger partial charge in [-0.25, -0.2) is 0 Å². The van der Waals surface area contributed by atoms with Crippen molar-refractivity contribution in [3.8, 4) is 0 Å². The number of aryl methyl sites for hydroxylation is 1. The number of rotatable bonds is 2. The molecule has 0 radical (unpaired) electrons. The minimum Gasteiger partial charge on any atom is -0.381 e. The fourth-order valence-electron chi connectivity index (χ4n) is 1.83. The van der Waals surface area contributed by atoms with E-state index in [1.165, 1.54) is 17.7 Å². The Balaban J connectivity index is 2.07. The highest BCUT2D eigenvalue weighted by Crippen LogP contribution is 2.20. The zero-order valence-corrected chi connectivity index (χ0v) is 9.89. The molecule has 1 aromatic rings. The van der Waals surface area contributed by atoms with Gasteiger partial charge < -0.3 is 10.6 Å². The summed E-state index contributed by atoms with van der Waals surface area (Å²) in [7, 11) is 0. The van der Waals surface area contributed by atoms with Crippen LogP contribution in [-0.2, 0) is 0 Å². The van der Waals surface area contributed by atoms with Crippen molar-refractivity contribution in [2.75, 3.05) is 18.4 Å². The van der Waals surface area contributed by atoms with Gasteiger partial charge in [-0.15, -0.1) is 0 Å². The van der Waals surface area contributed by atoms with Gasteiger partial charge in [-0.05, 0) is 43.7 Å². The van der Waals surface area contributed by atoms with Crippen molar-refractivity contribution in [3.63, 3.8) is 0 Å². The van der Waals surface area contributed by atoms with Gasteiger partial charge in [-0.2, -0.15) is 0 Å². The molecule has 3 heteroatoms. The molecule has 1 saturated heterocycles. The van der Waals surface area contributed by atoms with Crippen LogP contribution < -0.4 is 10.6 Å². The summed E-state index contributed by atoms with van der Waals surface area (Å²) in [5.74, 6) is 0. The lowest BCUT2D eigenvalue weighted by Crippen LogP contribution is -2.22. The number of benzene rings is 1. The molecule has 1 unspecified atom stereocenters. The second kappa shape index (κ2) is 4.32. The van der Waals surface area contributed by atoms with E-state index in [4.69, 9.17) is 0 Å². The zero-order valence-electron chi connectivity index (χ0n) is 8.31. The average Bonchev–Trinajstić information content (AvgIpc) is 2.54. The summed E-state index contributed by atoms with van der Waals surface area (Å²) in [6.45, 7) is 4.32. The van der Waals surface area contributed by atoms with E-state index in [0.29, 0.717) is 6.04 Å². The van der Waals surface area contributed by atoms with Gasteiger partial charge in [0.25, 0.3) is 0 Å². The number of halogens is 1. The second-order valence-electron chi connectivity index (χ2n) is 3.85. The van der Waals surface area contributed by atoms with Crippen molar-refractivity contribution >= 4 is 21.6 Å². The van der Waals surface area contributed by atoms with Crippen LogP contribution in [0.5, 0.6) is 0 Å². The van der Waals surface area contributed by atoms with Gasteiger partial charge in [0.2, 0.25) is 0 Å². The predicted molar refractivity (Wildman–Crippen MR) is 63.8 cm³/mol. The first-order chi connectivity index (χ1) is 6.74. The molecule has 0 saturated carbocycles. The Morgan fingerprint density at radius 3 is 2.93 bits per heavy atom. The van der Waals surface area contributed by atoms with Gasteiger partial charge >= 0.3 is 0 Å². The maximum Gasteiger partial charge on any atom is 0.0398 e. The zero-order chi connectivity index (χ0) is 9.97. The van der Waals surface area contributed by atoms with Gasteiger partial charge in [0, 0.05) is 22.7 Å². The largest absolute Gasteiger partial charge is 0.381 e. The molecule has 1 aliphatic rings. The van der Waals surface area contributed by atoms with E-state index in [9.17, 15) is 0 Å². The second-order valence-corrected chi connectivity index (χ2v) is 4.77. The third-order valence-electron chi connectivity index (χ3n) is 2.47. The molecule has 1 aromatic carbocycles. The molecular weight excluding hydrogens is 240 g/mol. The number of hydrogen-bond acceptors (Lipinski definition) is 2. The summed E-state index contributed by atoms with van der Waals surface area (Å²) in [6.07, 6.45) is 1.21. The lowest BCUT2D eigenvalue weighted by Gasteiger charge is -2.13. The maximum atomic E-state index is 3.53. The van der Waals surface area contributed by atoms with Crippen LogP contribution in [0.2, 0.25) is 0 Å². The molecule has 0 spiro atoms. The van der Waals surface area contributed by atoms with Gasteiger partial charge in [0.05, 0.1) is 0 Å². The Labute approximate surface area is 93.2 Å². The summed E-state index contributed by atoms with van der Waals surface area (Å²) in [5, 5.41) is 6.88. The van der Waals surface area contributed by atoms with Crippen molar-refractivity contribution in [2.24, 2.45) is 0 Å². The van der Waals surface area contributed by atoms with E-state index in [-0.39, 0.29) is 0 Å². The van der Waals surface area contributed by atoms with Crippen LogP contribution in [0.15, 0.2) is 22.7 Å². The fraction of sp³-hybridized carbons (Fsp3) is 0.455. The van der Waals surface area contributed by atoms with Crippen LogP contribution in [0, 0.1) is 6.92 Å². The molecule has 1 heterocycles. The van der Waals surface area contributed by atoms with Crippen molar-refractivity contribution in [1.29, 1.82) is 0 Å². The molecule has 1 fully saturated rings. The normalized spacial score (nSPS) is 21.1. The predicted octanol–water partition coefficient (Wildman–Crippen LogP) is 2.53. The van der Waals surface area contributed by atoms with Crippen LogP contribution in [-0.4, -0.2) is 19.1 Å². The summed E-state index contributed by atoms with van der Waals surface area (Å²) in [5.41, 5.74) is 2.50. The van der Waals surface area contributed by atoms with Crippen LogP contribution in [0.3, 0.4) is 0 Å². The molecule has 0 aliphatic carbocycles. The van der Waals surface area contributed by atoms with Crippen LogP contribution >= 0.6 is 15.9 Å². The number of hydrogen-bond donors (Lipinski definition) is 2. The first kappa shape index (κ1) is 9.99. The SMILES string of the molecule is Cc1cc(Br)cc(NC2CCNC2)c1. The molecule has 0 aromatic heterocycles. The number of nitrogens with one attached hydrogen (secondary N) is 2. The first-order valence-corrected chi connectivity index (χ1v) is 5.78. The summed E-state index contributed by atoms with van der Waals surface area (Å²) in [4.78, 5) is 0. The highest BCUT2D eigenvalue weighted by Gasteiger charge is 2.13.